The Morgan fingerprint density at radius 3 is 2.67 bits per heavy atom. The topological polar surface area (TPSA) is 25.4 Å². The van der Waals surface area contributed by atoms with Crippen molar-refractivity contribution in [3.8, 4) is 0 Å². The summed E-state index contributed by atoms with van der Waals surface area (Å²) in [6.07, 6.45) is 6.27. The van der Waals surface area contributed by atoms with Crippen LogP contribution in [0.5, 0.6) is 0 Å². The minimum atomic E-state index is 0.555. The van der Waals surface area contributed by atoms with E-state index in [1.54, 1.807) is 0 Å². The predicted molar refractivity (Wildman–Crippen MR) is 62.0 cm³/mol. The van der Waals surface area contributed by atoms with Crippen LogP contribution in [0.25, 0.3) is 0 Å². The largest absolute Gasteiger partial charge is 0.377 e. The van der Waals surface area contributed by atoms with E-state index in [2.05, 4.69) is 31.9 Å². The van der Waals surface area contributed by atoms with Crippen molar-refractivity contribution in [3.05, 3.63) is 22.9 Å². The minimum Gasteiger partial charge on any atom is -0.377 e. The highest BCUT2D eigenvalue weighted by Crippen LogP contribution is 2.34. The Labute approximate surface area is 97.6 Å². The van der Waals surface area contributed by atoms with Gasteiger partial charge in [-0.3, -0.25) is 4.98 Å². The predicted octanol–water partition coefficient (Wildman–Crippen LogP) is 2.21. The van der Waals surface area contributed by atoms with Crippen LogP contribution in [-0.4, -0.2) is 30.3 Å². The number of fused-ring (bicyclic) bond motifs is 2. The quantitative estimate of drug-likeness (QED) is 0.781. The van der Waals surface area contributed by atoms with Gasteiger partial charge in [-0.05, 0) is 34.8 Å². The van der Waals surface area contributed by atoms with Gasteiger partial charge in [0.25, 0.3) is 0 Å². The summed E-state index contributed by atoms with van der Waals surface area (Å²) in [5, 5.41) is 0. The maximum absolute atomic E-state index is 5.56. The van der Waals surface area contributed by atoms with Crippen molar-refractivity contribution in [3.63, 3.8) is 0 Å². The van der Waals surface area contributed by atoms with Gasteiger partial charge < -0.3 is 9.64 Å². The van der Waals surface area contributed by atoms with Crippen LogP contribution in [-0.2, 0) is 4.74 Å². The highest BCUT2D eigenvalue weighted by Gasteiger charge is 2.37. The summed E-state index contributed by atoms with van der Waals surface area (Å²) in [6, 6.07) is 3.25. The molecule has 0 radical (unpaired) electrons. The van der Waals surface area contributed by atoms with Gasteiger partial charge in [0.1, 0.15) is 0 Å². The normalized spacial score (nSPS) is 29.5. The van der Waals surface area contributed by atoms with E-state index in [0.717, 1.165) is 17.7 Å². The molecule has 2 atom stereocenters. The van der Waals surface area contributed by atoms with Gasteiger partial charge >= 0.3 is 0 Å². The van der Waals surface area contributed by atoms with Crippen molar-refractivity contribution in [2.75, 3.05) is 18.1 Å². The Morgan fingerprint density at radius 2 is 2.00 bits per heavy atom. The lowest BCUT2D eigenvalue weighted by molar-refractivity contribution is 0.0906. The fourth-order valence-electron chi connectivity index (χ4n) is 2.59. The summed E-state index contributed by atoms with van der Waals surface area (Å²) in [5.41, 5.74) is 1.22. The number of halogens is 1. The molecule has 3 nitrogen and oxygen atoms in total. The second-order valence-corrected chi connectivity index (χ2v) is 5.11. The van der Waals surface area contributed by atoms with Crippen molar-refractivity contribution in [2.45, 2.75) is 24.9 Å². The van der Waals surface area contributed by atoms with Gasteiger partial charge in [0, 0.05) is 10.7 Å². The van der Waals surface area contributed by atoms with Crippen molar-refractivity contribution in [2.24, 2.45) is 0 Å². The van der Waals surface area contributed by atoms with Crippen molar-refractivity contribution in [1.29, 1.82) is 0 Å². The molecule has 2 aliphatic rings. The second kappa shape index (κ2) is 3.76. The fourth-order valence-corrected chi connectivity index (χ4v) is 2.94. The number of morpholine rings is 1. The molecule has 0 aliphatic carbocycles. The average Bonchev–Trinajstić information content (AvgIpc) is 2.49. The van der Waals surface area contributed by atoms with Crippen LogP contribution in [0.1, 0.15) is 12.8 Å². The molecule has 80 valence electrons. The van der Waals surface area contributed by atoms with E-state index in [1.165, 1.54) is 18.5 Å². The molecule has 0 N–H and O–H groups in total. The molecule has 0 aromatic carbocycles. The highest BCUT2D eigenvalue weighted by molar-refractivity contribution is 9.10. The second-order valence-electron chi connectivity index (χ2n) is 4.19. The molecule has 0 amide bonds. The number of anilines is 1. The Balaban J connectivity index is 1.93. The number of hydrogen-bond acceptors (Lipinski definition) is 3. The van der Waals surface area contributed by atoms with Gasteiger partial charge in [0.05, 0.1) is 37.2 Å². The SMILES string of the molecule is Brc1cncc(N2C3CCC2COC3)c1. The smallest absolute Gasteiger partial charge is 0.0671 e. The summed E-state index contributed by atoms with van der Waals surface area (Å²) in [4.78, 5) is 6.70. The Morgan fingerprint density at radius 1 is 1.27 bits per heavy atom. The van der Waals surface area contributed by atoms with E-state index in [-0.39, 0.29) is 0 Å². The molecule has 1 aromatic heterocycles. The van der Waals surface area contributed by atoms with Crippen LogP contribution in [0.3, 0.4) is 0 Å². The molecule has 4 heteroatoms. The van der Waals surface area contributed by atoms with Crippen LogP contribution < -0.4 is 4.90 Å². The number of rotatable bonds is 1. The van der Waals surface area contributed by atoms with Gasteiger partial charge in [0.15, 0.2) is 0 Å². The fraction of sp³-hybridized carbons (Fsp3) is 0.545. The molecule has 3 heterocycles. The monoisotopic (exact) mass is 268 g/mol. The number of nitrogens with zero attached hydrogens (tertiary/aromatic N) is 2. The molecule has 1 aromatic rings. The first kappa shape index (κ1) is 9.60. The maximum Gasteiger partial charge on any atom is 0.0671 e. The Hall–Kier alpha value is -0.610. The van der Waals surface area contributed by atoms with E-state index in [0.29, 0.717) is 12.1 Å². The van der Waals surface area contributed by atoms with Crippen LogP contribution in [0.2, 0.25) is 0 Å². The zero-order chi connectivity index (χ0) is 10.3. The maximum atomic E-state index is 5.56. The highest BCUT2D eigenvalue weighted by atomic mass is 79.9. The molecule has 2 fully saturated rings. The first-order valence-electron chi connectivity index (χ1n) is 5.31. The standard InChI is InChI=1S/C11H13BrN2O/c12-8-3-11(5-13-4-8)14-9-1-2-10(14)7-15-6-9/h3-5,9-10H,1-2,6-7H2. The van der Waals surface area contributed by atoms with Crippen LogP contribution in [0.4, 0.5) is 5.69 Å². The molecule has 2 saturated heterocycles. The summed E-state index contributed by atoms with van der Waals surface area (Å²) >= 11 is 3.47. The zero-order valence-electron chi connectivity index (χ0n) is 8.40. The molecule has 15 heavy (non-hydrogen) atoms. The van der Waals surface area contributed by atoms with Crippen LogP contribution in [0, 0.1) is 0 Å². The number of hydrogen-bond donors (Lipinski definition) is 0. The summed E-state index contributed by atoms with van der Waals surface area (Å²) in [5.74, 6) is 0. The van der Waals surface area contributed by atoms with E-state index in [9.17, 15) is 0 Å². The van der Waals surface area contributed by atoms with Crippen molar-refractivity contribution in [1.82, 2.24) is 4.98 Å². The summed E-state index contributed by atoms with van der Waals surface area (Å²) < 4.78 is 6.61. The van der Waals surface area contributed by atoms with E-state index in [1.807, 2.05) is 12.4 Å². The van der Waals surface area contributed by atoms with Crippen molar-refractivity contribution < 1.29 is 4.74 Å². The van der Waals surface area contributed by atoms with Gasteiger partial charge in [-0.15, -0.1) is 0 Å². The third kappa shape index (κ3) is 1.66. The van der Waals surface area contributed by atoms with Crippen LogP contribution in [0.15, 0.2) is 22.9 Å². The molecule has 2 aliphatic heterocycles. The van der Waals surface area contributed by atoms with Gasteiger partial charge in [0.2, 0.25) is 0 Å². The first-order valence-corrected chi connectivity index (χ1v) is 6.10. The number of pyridine rings is 1. The van der Waals surface area contributed by atoms with E-state index < -0.39 is 0 Å². The van der Waals surface area contributed by atoms with Crippen LogP contribution >= 0.6 is 15.9 Å². The third-order valence-corrected chi connectivity index (χ3v) is 3.66. The molecular weight excluding hydrogens is 256 g/mol. The summed E-state index contributed by atoms with van der Waals surface area (Å²) in [6.45, 7) is 1.73. The molecule has 0 spiro atoms. The van der Waals surface area contributed by atoms with Crippen molar-refractivity contribution >= 4 is 21.6 Å². The van der Waals surface area contributed by atoms with E-state index >= 15 is 0 Å². The molecule has 2 bridgehead atoms. The number of aromatic nitrogens is 1. The Bertz CT molecular complexity index is 355. The lowest BCUT2D eigenvalue weighted by Crippen LogP contribution is -2.45. The average molecular weight is 269 g/mol. The lowest BCUT2D eigenvalue weighted by atomic mass is 10.2. The molecule has 0 saturated carbocycles. The zero-order valence-corrected chi connectivity index (χ0v) is 9.98. The molecule has 2 unspecified atom stereocenters. The molecular formula is C11H13BrN2O. The minimum absolute atomic E-state index is 0.555. The first-order chi connectivity index (χ1) is 7.34. The Kier molecular flexibility index (Phi) is 2.41. The van der Waals surface area contributed by atoms with Gasteiger partial charge in [-0.1, -0.05) is 0 Å². The summed E-state index contributed by atoms with van der Waals surface area (Å²) in [7, 11) is 0. The third-order valence-electron chi connectivity index (χ3n) is 3.23. The number of ether oxygens (including phenoxy) is 1. The van der Waals surface area contributed by atoms with Gasteiger partial charge in [-0.2, -0.15) is 0 Å². The van der Waals surface area contributed by atoms with Gasteiger partial charge in [-0.25, -0.2) is 0 Å². The lowest BCUT2D eigenvalue weighted by Gasteiger charge is -2.36. The molecule has 3 rings (SSSR count). The van der Waals surface area contributed by atoms with E-state index in [4.69, 9.17) is 4.74 Å².